The summed E-state index contributed by atoms with van der Waals surface area (Å²) >= 11 is 6.74. The zero-order valence-electron chi connectivity index (χ0n) is 9.08. The van der Waals surface area contributed by atoms with Gasteiger partial charge in [0.2, 0.25) is 0 Å². The maximum Gasteiger partial charge on any atom is 0.135 e. The highest BCUT2D eigenvalue weighted by atomic mass is 79.9. The van der Waals surface area contributed by atoms with E-state index in [0.717, 1.165) is 26.3 Å². The average Bonchev–Trinajstić information content (AvgIpc) is 2.32. The monoisotopic (exact) mass is 356 g/mol. The SMILES string of the molecule is COc1cc(Nc2cccc(Br)n2)ccc1Br. The van der Waals surface area contributed by atoms with E-state index in [-0.39, 0.29) is 0 Å². The number of hydrogen-bond donors (Lipinski definition) is 1. The van der Waals surface area contributed by atoms with Crippen LogP contribution in [0.2, 0.25) is 0 Å². The maximum atomic E-state index is 5.23. The second-order valence-corrected chi connectivity index (χ2v) is 4.99. The number of halogens is 2. The van der Waals surface area contributed by atoms with E-state index in [4.69, 9.17) is 4.74 Å². The van der Waals surface area contributed by atoms with Gasteiger partial charge in [0.25, 0.3) is 0 Å². The molecule has 0 aliphatic carbocycles. The molecule has 0 spiro atoms. The summed E-state index contributed by atoms with van der Waals surface area (Å²) < 4.78 is 6.95. The van der Waals surface area contributed by atoms with Crippen LogP contribution < -0.4 is 10.1 Å². The summed E-state index contributed by atoms with van der Waals surface area (Å²) in [6, 6.07) is 11.5. The number of aromatic nitrogens is 1. The van der Waals surface area contributed by atoms with Crippen molar-refractivity contribution in [1.29, 1.82) is 0 Å². The number of pyridine rings is 1. The summed E-state index contributed by atoms with van der Waals surface area (Å²) in [5, 5.41) is 3.20. The molecule has 5 heteroatoms. The Balaban J connectivity index is 2.24. The topological polar surface area (TPSA) is 34.1 Å². The Morgan fingerprint density at radius 2 is 2.00 bits per heavy atom. The second-order valence-electron chi connectivity index (χ2n) is 3.32. The summed E-state index contributed by atoms with van der Waals surface area (Å²) in [7, 11) is 1.64. The molecule has 2 rings (SSSR count). The number of rotatable bonds is 3. The van der Waals surface area contributed by atoms with Gasteiger partial charge in [-0.15, -0.1) is 0 Å². The van der Waals surface area contributed by atoms with Gasteiger partial charge in [-0.05, 0) is 56.1 Å². The third-order valence-corrected chi connectivity index (χ3v) is 3.24. The number of benzene rings is 1. The highest BCUT2D eigenvalue weighted by Crippen LogP contribution is 2.29. The van der Waals surface area contributed by atoms with Crippen LogP contribution in [0.5, 0.6) is 5.75 Å². The molecule has 0 atom stereocenters. The van der Waals surface area contributed by atoms with Gasteiger partial charge in [-0.2, -0.15) is 0 Å². The van der Waals surface area contributed by atoms with E-state index < -0.39 is 0 Å². The summed E-state index contributed by atoms with van der Waals surface area (Å²) in [5.74, 6) is 1.56. The lowest BCUT2D eigenvalue weighted by Gasteiger charge is -2.08. The Labute approximate surface area is 116 Å². The summed E-state index contributed by atoms with van der Waals surface area (Å²) in [6.07, 6.45) is 0. The van der Waals surface area contributed by atoms with E-state index in [2.05, 4.69) is 42.2 Å². The molecule has 1 heterocycles. The van der Waals surface area contributed by atoms with Gasteiger partial charge in [0.1, 0.15) is 16.2 Å². The van der Waals surface area contributed by atoms with Crippen LogP contribution in [-0.2, 0) is 0 Å². The number of anilines is 2. The molecule has 0 aliphatic heterocycles. The van der Waals surface area contributed by atoms with Crippen molar-refractivity contribution in [2.75, 3.05) is 12.4 Å². The van der Waals surface area contributed by atoms with Gasteiger partial charge in [-0.3, -0.25) is 0 Å². The standard InChI is InChI=1S/C12H10Br2N2O/c1-17-10-7-8(5-6-9(10)13)15-12-4-2-3-11(14)16-12/h2-7H,1H3,(H,15,16). The Kier molecular flexibility index (Phi) is 4.02. The number of hydrogen-bond acceptors (Lipinski definition) is 3. The van der Waals surface area contributed by atoms with Gasteiger partial charge in [0, 0.05) is 11.8 Å². The minimum atomic E-state index is 0.781. The molecule has 1 aromatic carbocycles. The molecule has 3 nitrogen and oxygen atoms in total. The minimum Gasteiger partial charge on any atom is -0.495 e. The number of nitrogens with one attached hydrogen (secondary N) is 1. The molecule has 0 radical (unpaired) electrons. The molecule has 0 saturated carbocycles. The first-order chi connectivity index (χ1) is 8.19. The molecule has 0 unspecified atom stereocenters. The number of methoxy groups -OCH3 is 1. The van der Waals surface area contributed by atoms with E-state index in [1.54, 1.807) is 7.11 Å². The van der Waals surface area contributed by atoms with Crippen LogP contribution in [-0.4, -0.2) is 12.1 Å². The smallest absolute Gasteiger partial charge is 0.135 e. The van der Waals surface area contributed by atoms with Gasteiger partial charge in [0.05, 0.1) is 11.6 Å². The Hall–Kier alpha value is -1.07. The zero-order chi connectivity index (χ0) is 12.3. The van der Waals surface area contributed by atoms with Crippen LogP contribution in [0.3, 0.4) is 0 Å². The first kappa shape index (κ1) is 12.4. The van der Waals surface area contributed by atoms with E-state index >= 15 is 0 Å². The molecule has 88 valence electrons. The molecule has 0 saturated heterocycles. The van der Waals surface area contributed by atoms with Crippen molar-refractivity contribution in [3.8, 4) is 5.75 Å². The van der Waals surface area contributed by atoms with Crippen LogP contribution in [0.4, 0.5) is 11.5 Å². The molecule has 0 bridgehead atoms. The van der Waals surface area contributed by atoms with Crippen molar-refractivity contribution in [2.24, 2.45) is 0 Å². The lowest BCUT2D eigenvalue weighted by molar-refractivity contribution is 0.412. The summed E-state index contributed by atoms with van der Waals surface area (Å²) in [6.45, 7) is 0. The van der Waals surface area contributed by atoms with Crippen molar-refractivity contribution < 1.29 is 4.74 Å². The Morgan fingerprint density at radius 3 is 2.71 bits per heavy atom. The highest BCUT2D eigenvalue weighted by Gasteiger charge is 2.02. The van der Waals surface area contributed by atoms with Crippen molar-refractivity contribution >= 4 is 43.4 Å². The van der Waals surface area contributed by atoms with Crippen molar-refractivity contribution in [3.63, 3.8) is 0 Å². The highest BCUT2D eigenvalue weighted by molar-refractivity contribution is 9.10. The van der Waals surface area contributed by atoms with Crippen LogP contribution in [0, 0.1) is 0 Å². The molecular weight excluding hydrogens is 348 g/mol. The van der Waals surface area contributed by atoms with Gasteiger partial charge < -0.3 is 10.1 Å². The number of ether oxygens (including phenoxy) is 1. The lowest BCUT2D eigenvalue weighted by atomic mass is 10.3. The van der Waals surface area contributed by atoms with Gasteiger partial charge in [-0.25, -0.2) is 4.98 Å². The molecule has 0 aliphatic rings. The van der Waals surface area contributed by atoms with Crippen LogP contribution in [0.25, 0.3) is 0 Å². The van der Waals surface area contributed by atoms with Crippen LogP contribution in [0.1, 0.15) is 0 Å². The van der Waals surface area contributed by atoms with Gasteiger partial charge >= 0.3 is 0 Å². The Bertz CT molecular complexity index is 532. The fraction of sp³-hybridized carbons (Fsp3) is 0.0833. The van der Waals surface area contributed by atoms with Crippen LogP contribution in [0.15, 0.2) is 45.5 Å². The van der Waals surface area contributed by atoms with Gasteiger partial charge in [0.15, 0.2) is 0 Å². The first-order valence-corrected chi connectivity index (χ1v) is 6.51. The first-order valence-electron chi connectivity index (χ1n) is 4.92. The second kappa shape index (κ2) is 5.51. The molecule has 1 aromatic heterocycles. The van der Waals surface area contributed by atoms with Crippen molar-refractivity contribution in [1.82, 2.24) is 4.98 Å². The quantitative estimate of drug-likeness (QED) is 0.828. The zero-order valence-corrected chi connectivity index (χ0v) is 12.2. The molecule has 0 fully saturated rings. The normalized spacial score (nSPS) is 10.1. The fourth-order valence-electron chi connectivity index (χ4n) is 1.36. The van der Waals surface area contributed by atoms with E-state index in [1.807, 2.05) is 36.4 Å². The van der Waals surface area contributed by atoms with E-state index in [1.165, 1.54) is 0 Å². The largest absolute Gasteiger partial charge is 0.495 e. The average molecular weight is 358 g/mol. The van der Waals surface area contributed by atoms with Gasteiger partial charge in [-0.1, -0.05) is 6.07 Å². The molecule has 2 aromatic rings. The lowest BCUT2D eigenvalue weighted by Crippen LogP contribution is -1.94. The Morgan fingerprint density at radius 1 is 1.18 bits per heavy atom. The molecular formula is C12H10Br2N2O. The molecule has 17 heavy (non-hydrogen) atoms. The van der Waals surface area contributed by atoms with E-state index in [0.29, 0.717) is 0 Å². The molecule has 1 N–H and O–H groups in total. The van der Waals surface area contributed by atoms with Crippen molar-refractivity contribution in [2.45, 2.75) is 0 Å². The minimum absolute atomic E-state index is 0.781. The summed E-state index contributed by atoms with van der Waals surface area (Å²) in [4.78, 5) is 4.30. The summed E-state index contributed by atoms with van der Waals surface area (Å²) in [5.41, 5.74) is 0.927. The predicted molar refractivity (Wildman–Crippen MR) is 75.9 cm³/mol. The van der Waals surface area contributed by atoms with E-state index in [9.17, 15) is 0 Å². The molecule has 0 amide bonds. The number of nitrogens with zero attached hydrogens (tertiary/aromatic N) is 1. The van der Waals surface area contributed by atoms with Crippen LogP contribution >= 0.6 is 31.9 Å². The fourth-order valence-corrected chi connectivity index (χ4v) is 2.12. The third-order valence-electron chi connectivity index (χ3n) is 2.14. The van der Waals surface area contributed by atoms with Crippen molar-refractivity contribution in [3.05, 3.63) is 45.5 Å². The predicted octanol–water partition coefficient (Wildman–Crippen LogP) is 4.36. The maximum absolute atomic E-state index is 5.23. The third kappa shape index (κ3) is 3.20.